The van der Waals surface area contributed by atoms with Gasteiger partial charge < -0.3 is 51.2 Å². The number of carbonyl (C=O) groups excluding carboxylic acids is 4. The van der Waals surface area contributed by atoms with Crippen LogP contribution in [0, 0.1) is 0 Å². The molecule has 1 fully saturated rings. The van der Waals surface area contributed by atoms with E-state index in [2.05, 4.69) is 38.6 Å². The Morgan fingerprint density at radius 3 is 1.19 bits per heavy atom. The predicted octanol–water partition coefficient (Wildman–Crippen LogP) is 7.78. The topological polar surface area (TPSA) is 170 Å². The van der Waals surface area contributed by atoms with E-state index < -0.39 is 48.5 Å². The molecule has 0 N–H and O–H groups in total. The Morgan fingerprint density at radius 2 is 0.981 bits per heavy atom. The van der Waals surface area contributed by atoms with Crippen molar-refractivity contribution in [2.45, 2.75) is 137 Å². The van der Waals surface area contributed by atoms with Crippen LogP contribution in [0.15, 0.2) is 0 Å². The lowest BCUT2D eigenvalue weighted by Gasteiger charge is -2.20. The molecule has 0 amide bonds. The highest BCUT2D eigenvalue weighted by Gasteiger charge is 2.20. The summed E-state index contributed by atoms with van der Waals surface area (Å²) in [4.78, 5) is 42.3. The zero-order valence-corrected chi connectivity index (χ0v) is 39.4. The van der Waals surface area contributed by atoms with E-state index in [-0.39, 0.29) is 31.4 Å². The second-order valence-corrected chi connectivity index (χ2v) is 29.2. The molecule has 1 saturated heterocycles. The molecule has 0 saturated carbocycles. The van der Waals surface area contributed by atoms with Crippen molar-refractivity contribution in [1.29, 1.82) is 0 Å². The van der Waals surface area contributed by atoms with Gasteiger partial charge in [-0.1, -0.05) is 0 Å². The normalized spacial score (nSPS) is 14.1. The Morgan fingerprint density at radius 1 is 0.577 bits per heavy atom. The standard InChI is InChI=1S/C7H14O3.C6H14O3Si.C6H12O3.C6H12O2.C5H12O3Si.C4H12OSi/c1-7(2,3)10-6(8)5-9-4;1-8-5-6(7)9-10(2,3)4;1-6(2,3)9-5(7)8-4;1-7-6-4-2-3-5-8-6;1-7-5(6)8-9(2,3)4;1-5-6(2,3)4/h2*5H2,1-4H3;1-4H3;6H,2-5H2,1H3;1-4H3;1-4H3. The van der Waals surface area contributed by atoms with Crippen LogP contribution in [-0.4, -0.2) is 129 Å². The number of hydrogen-bond donors (Lipinski definition) is 0. The summed E-state index contributed by atoms with van der Waals surface area (Å²) in [5, 5.41) is 0. The van der Waals surface area contributed by atoms with Crippen molar-refractivity contribution in [3.05, 3.63) is 0 Å². The van der Waals surface area contributed by atoms with Crippen LogP contribution in [0.4, 0.5) is 9.59 Å². The summed E-state index contributed by atoms with van der Waals surface area (Å²) >= 11 is 0. The fourth-order valence-corrected chi connectivity index (χ4v) is 3.78. The molecule has 1 heterocycles. The number of ether oxygens (including phenoxy) is 8. The Kier molecular flexibility index (Phi) is 35.6. The van der Waals surface area contributed by atoms with Gasteiger partial charge in [0.2, 0.25) is 8.32 Å². The maximum absolute atomic E-state index is 10.7. The minimum atomic E-state index is -1.72. The first kappa shape index (κ1) is 59.2. The predicted molar refractivity (Wildman–Crippen MR) is 210 cm³/mol. The minimum Gasteiger partial charge on any atom is -0.518 e. The van der Waals surface area contributed by atoms with Gasteiger partial charge >= 0.3 is 24.2 Å². The smallest absolute Gasteiger partial charge is 0.508 e. The van der Waals surface area contributed by atoms with Gasteiger partial charge in [0.1, 0.15) is 24.4 Å². The van der Waals surface area contributed by atoms with Crippen molar-refractivity contribution in [1.82, 2.24) is 0 Å². The van der Waals surface area contributed by atoms with Gasteiger partial charge in [-0.25, -0.2) is 14.4 Å². The van der Waals surface area contributed by atoms with Crippen molar-refractivity contribution in [3.8, 4) is 0 Å². The van der Waals surface area contributed by atoms with Gasteiger partial charge in [0, 0.05) is 35.0 Å². The van der Waals surface area contributed by atoms with Crippen LogP contribution in [-0.2, 0) is 60.8 Å². The Balaban J connectivity index is -0.000000171. The van der Waals surface area contributed by atoms with Crippen LogP contribution in [0.1, 0.15) is 60.8 Å². The Hall–Kier alpha value is -2.07. The number of methoxy groups -OCH3 is 5. The summed E-state index contributed by atoms with van der Waals surface area (Å²) in [5.41, 5.74) is -0.858. The van der Waals surface area contributed by atoms with E-state index in [0.717, 1.165) is 13.0 Å². The van der Waals surface area contributed by atoms with Gasteiger partial charge in [-0.15, -0.1) is 0 Å². The van der Waals surface area contributed by atoms with Gasteiger partial charge in [-0.2, -0.15) is 0 Å². The maximum Gasteiger partial charge on any atom is 0.508 e. The van der Waals surface area contributed by atoms with Gasteiger partial charge in [0.05, 0.1) is 14.2 Å². The highest BCUT2D eigenvalue weighted by Crippen LogP contribution is 2.12. The lowest BCUT2D eigenvalue weighted by atomic mass is 10.2. The first-order valence-corrected chi connectivity index (χ1v) is 27.2. The van der Waals surface area contributed by atoms with Crippen LogP contribution < -0.4 is 0 Å². The number of hydrogen-bond acceptors (Lipinski definition) is 15. The zero-order chi connectivity index (χ0) is 42.4. The largest absolute Gasteiger partial charge is 0.518 e. The molecule has 0 aromatic carbocycles. The molecule has 15 nitrogen and oxygen atoms in total. The molecule has 1 rings (SSSR count). The van der Waals surface area contributed by atoms with E-state index >= 15 is 0 Å². The molecule has 0 aromatic rings. The first-order chi connectivity index (χ1) is 23.3. The minimum absolute atomic E-state index is 0.0251. The third kappa shape index (κ3) is 63.0. The van der Waals surface area contributed by atoms with Gasteiger partial charge in [0.25, 0.3) is 8.32 Å². The third-order valence-electron chi connectivity index (χ3n) is 4.49. The van der Waals surface area contributed by atoms with Crippen molar-refractivity contribution in [2.24, 2.45) is 0 Å². The highest BCUT2D eigenvalue weighted by molar-refractivity contribution is 6.71. The summed E-state index contributed by atoms with van der Waals surface area (Å²) in [6.07, 6.45) is 2.38. The Bertz CT molecular complexity index is 852. The van der Waals surface area contributed by atoms with E-state index in [9.17, 15) is 19.2 Å². The van der Waals surface area contributed by atoms with E-state index in [4.69, 9.17) is 32.2 Å². The zero-order valence-electron chi connectivity index (χ0n) is 36.4. The average molecular weight is 809 g/mol. The van der Waals surface area contributed by atoms with Crippen LogP contribution in [0.3, 0.4) is 0 Å². The molecule has 0 radical (unpaired) electrons. The van der Waals surface area contributed by atoms with Gasteiger partial charge in [-0.3, -0.25) is 4.79 Å². The molecule has 314 valence electrons. The van der Waals surface area contributed by atoms with Crippen LogP contribution in [0.5, 0.6) is 0 Å². The van der Waals surface area contributed by atoms with Crippen LogP contribution in [0.2, 0.25) is 58.9 Å². The number of esters is 1. The van der Waals surface area contributed by atoms with Crippen molar-refractivity contribution >= 4 is 49.2 Å². The molecule has 1 aliphatic rings. The molecule has 1 atom stereocenters. The third-order valence-corrected chi connectivity index (χ3v) is 7.33. The molecule has 18 heteroatoms. The lowest BCUT2D eigenvalue weighted by Crippen LogP contribution is -2.30. The fourth-order valence-electron chi connectivity index (χ4n) is 2.46. The molecule has 1 unspecified atom stereocenters. The van der Waals surface area contributed by atoms with Crippen molar-refractivity contribution in [3.63, 3.8) is 0 Å². The molecule has 0 spiro atoms. The average Bonchev–Trinajstić information content (AvgIpc) is 2.95. The summed E-state index contributed by atoms with van der Waals surface area (Å²) in [6, 6.07) is 0. The van der Waals surface area contributed by atoms with E-state index in [1.165, 1.54) is 41.3 Å². The molecule has 0 aliphatic carbocycles. The molecule has 1 aliphatic heterocycles. The van der Waals surface area contributed by atoms with E-state index in [1.807, 2.05) is 60.1 Å². The number of carbonyl (C=O) groups is 4. The lowest BCUT2D eigenvalue weighted by molar-refractivity contribution is -0.159. The second-order valence-electron chi connectivity index (χ2n) is 15.7. The highest BCUT2D eigenvalue weighted by atomic mass is 28.4. The molecular formula is C34H76O15Si3. The summed E-state index contributed by atoms with van der Waals surface area (Å²) in [7, 11) is 4.46. The monoisotopic (exact) mass is 808 g/mol. The molecule has 0 bridgehead atoms. The second kappa shape index (κ2) is 31.3. The van der Waals surface area contributed by atoms with Crippen molar-refractivity contribution < 1.29 is 70.4 Å². The van der Waals surface area contributed by atoms with Gasteiger partial charge in [0.15, 0.2) is 14.6 Å². The number of rotatable bonds is 8. The summed E-state index contributed by atoms with van der Waals surface area (Å²) in [5.74, 6) is -0.586. The Labute approximate surface area is 318 Å². The van der Waals surface area contributed by atoms with Crippen molar-refractivity contribution in [2.75, 3.05) is 62.5 Å². The van der Waals surface area contributed by atoms with Crippen LogP contribution >= 0.6 is 0 Å². The molecule has 52 heavy (non-hydrogen) atoms. The quantitative estimate of drug-likeness (QED) is 0.132. The van der Waals surface area contributed by atoms with E-state index in [0.29, 0.717) is 0 Å². The summed E-state index contributed by atoms with van der Waals surface area (Å²) < 4.78 is 52.5. The molecule has 0 aromatic heterocycles. The van der Waals surface area contributed by atoms with E-state index in [1.54, 1.807) is 35.0 Å². The van der Waals surface area contributed by atoms with Gasteiger partial charge in [-0.05, 0) is 120 Å². The first-order valence-electron chi connectivity index (χ1n) is 17.0. The maximum atomic E-state index is 10.7. The molecular weight excluding hydrogens is 733 g/mol. The summed E-state index contributed by atoms with van der Waals surface area (Å²) in [6.45, 7) is 29.9. The van der Waals surface area contributed by atoms with Crippen LogP contribution in [0.25, 0.3) is 0 Å². The fraction of sp³-hybridized carbons (Fsp3) is 0.882. The SMILES string of the molecule is COC(=O)OC(C)(C)C.COC(=O)O[Si](C)(C)C.COC1CCCCO1.COCC(=O)OC(C)(C)C.COCC(=O)O[Si](C)(C)C.CO[Si](C)(C)C.